The Morgan fingerprint density at radius 2 is 1.89 bits per heavy atom. The molecule has 0 spiro atoms. The summed E-state index contributed by atoms with van der Waals surface area (Å²) in [5, 5.41) is 34.3. The zero-order valence-electron chi connectivity index (χ0n) is 15.4. The topological polar surface area (TPSA) is 127 Å². The molecule has 0 radical (unpaired) electrons. The number of rotatable bonds is 8. The third kappa shape index (κ3) is 6.49. The summed E-state index contributed by atoms with van der Waals surface area (Å²) in [6.45, 7) is 2.61. The highest BCUT2D eigenvalue weighted by molar-refractivity contribution is 6.17. The van der Waals surface area contributed by atoms with Gasteiger partial charge in [0.2, 0.25) is 5.71 Å². The Kier molecular flexibility index (Phi) is 7.60. The van der Waals surface area contributed by atoms with Crippen molar-refractivity contribution < 1.29 is 14.4 Å². The third-order valence-corrected chi connectivity index (χ3v) is 3.77. The molecule has 0 amide bonds. The van der Waals surface area contributed by atoms with Crippen molar-refractivity contribution in [3.8, 4) is 6.07 Å². The van der Waals surface area contributed by atoms with Crippen LogP contribution >= 0.6 is 0 Å². The molecule has 1 aliphatic carbocycles. The number of hydrogen-bond acceptors (Lipinski definition) is 8. The van der Waals surface area contributed by atoms with Crippen LogP contribution in [-0.4, -0.2) is 42.0 Å². The first-order valence-corrected chi connectivity index (χ1v) is 8.56. The number of carbonyl (C=O) groups excluding carboxylic acids is 1. The maximum absolute atomic E-state index is 10.9. The van der Waals surface area contributed by atoms with E-state index < -0.39 is 4.90 Å². The first-order valence-electron chi connectivity index (χ1n) is 8.56. The number of allylic oxidation sites excluding steroid dienone is 4. The molecule has 1 N–H and O–H groups in total. The molecular formula is C19H20N5O4-. The molecule has 9 heteroatoms. The molecule has 0 fully saturated rings. The molecule has 0 heterocycles. The molecule has 0 atom stereocenters. The molecule has 1 aromatic carbocycles. The van der Waals surface area contributed by atoms with E-state index >= 15 is 0 Å². The quantitative estimate of drug-likeness (QED) is 0.316. The van der Waals surface area contributed by atoms with Crippen molar-refractivity contribution in [1.82, 2.24) is 0 Å². The van der Waals surface area contributed by atoms with E-state index in [0.717, 1.165) is 11.4 Å². The van der Waals surface area contributed by atoms with E-state index in [-0.39, 0.29) is 18.3 Å². The average molecular weight is 382 g/mol. The molecule has 2 rings (SSSR count). The number of esters is 1. The monoisotopic (exact) mass is 382 g/mol. The van der Waals surface area contributed by atoms with Crippen LogP contribution in [0.2, 0.25) is 0 Å². The van der Waals surface area contributed by atoms with Crippen LogP contribution < -0.4 is 10.3 Å². The van der Waals surface area contributed by atoms with Gasteiger partial charge in [-0.15, -0.1) is 0 Å². The van der Waals surface area contributed by atoms with Crippen LogP contribution in [0.25, 0.3) is 0 Å². The van der Waals surface area contributed by atoms with Crippen molar-refractivity contribution in [1.29, 1.82) is 5.26 Å². The first-order chi connectivity index (χ1) is 13.5. The minimum atomic E-state index is -0.463. The molecule has 1 aliphatic rings. The molecule has 0 unspecified atom stereocenters. The normalized spacial score (nSPS) is 12.3. The molecule has 0 bridgehead atoms. The van der Waals surface area contributed by atoms with Crippen molar-refractivity contribution in [2.24, 2.45) is 5.10 Å². The smallest absolute Gasteiger partial charge is 0.302 e. The number of nitrogens with one attached hydrogen (secondary N) is 1. The number of carbonyl (C=O) groups is 1. The summed E-state index contributed by atoms with van der Waals surface area (Å²) in [7, 11) is 0. The number of nitriles is 1. The zero-order valence-corrected chi connectivity index (χ0v) is 15.4. The second-order valence-electron chi connectivity index (χ2n) is 5.78. The standard InChI is InChI=1S/C19H20N5O4/c1-15(25)28-14-13-23(12-2-11-20)18-7-3-16(4-8-18)21-22-17-5-9-19(10-6-17)24(26)27/h3-10,21H,2,12-14H2,1H3/q-1. The highest BCUT2D eigenvalue weighted by Gasteiger charge is 2.08. The largest absolute Gasteiger partial charge is 0.612 e. The van der Waals surface area contributed by atoms with Crippen molar-refractivity contribution >= 4 is 28.8 Å². The van der Waals surface area contributed by atoms with Gasteiger partial charge >= 0.3 is 5.97 Å². The highest BCUT2D eigenvalue weighted by atomic mass is 16.8. The molecule has 0 aliphatic heterocycles. The van der Waals surface area contributed by atoms with Crippen LogP contribution in [0.3, 0.4) is 0 Å². The van der Waals surface area contributed by atoms with Gasteiger partial charge in [-0.2, -0.15) is 15.3 Å². The summed E-state index contributed by atoms with van der Waals surface area (Å²) in [4.78, 5) is 12.4. The Morgan fingerprint density at radius 1 is 1.21 bits per heavy atom. The van der Waals surface area contributed by atoms with Gasteiger partial charge < -0.3 is 20.1 Å². The average Bonchev–Trinajstić information content (AvgIpc) is 2.69. The fourth-order valence-corrected chi connectivity index (χ4v) is 2.38. The van der Waals surface area contributed by atoms with Gasteiger partial charge in [-0.3, -0.25) is 10.2 Å². The van der Waals surface area contributed by atoms with Crippen LogP contribution in [0.4, 0.5) is 11.4 Å². The van der Waals surface area contributed by atoms with Gasteiger partial charge in [0, 0.05) is 31.3 Å². The molecule has 146 valence electrons. The highest BCUT2D eigenvalue weighted by Crippen LogP contribution is 2.18. The van der Waals surface area contributed by atoms with Gasteiger partial charge in [-0.05, 0) is 36.4 Å². The van der Waals surface area contributed by atoms with E-state index in [1.807, 2.05) is 29.2 Å². The molecule has 0 saturated heterocycles. The van der Waals surface area contributed by atoms with Crippen molar-refractivity contribution in [3.63, 3.8) is 0 Å². The Bertz CT molecular complexity index is 828. The van der Waals surface area contributed by atoms with E-state index in [1.165, 1.54) is 19.1 Å². The fraction of sp³-hybridized carbons (Fsp3) is 0.263. The van der Waals surface area contributed by atoms with Crippen LogP contribution in [-0.2, 0) is 9.53 Å². The molecular weight excluding hydrogens is 362 g/mol. The van der Waals surface area contributed by atoms with E-state index in [2.05, 4.69) is 16.6 Å². The Balaban J connectivity index is 1.98. The van der Waals surface area contributed by atoms with E-state index in [9.17, 15) is 15.2 Å². The summed E-state index contributed by atoms with van der Waals surface area (Å²) >= 11 is 0. The van der Waals surface area contributed by atoms with E-state index in [1.54, 1.807) is 12.2 Å². The van der Waals surface area contributed by atoms with Gasteiger partial charge in [0.1, 0.15) is 6.61 Å². The lowest BCUT2D eigenvalue weighted by atomic mass is 10.1. The van der Waals surface area contributed by atoms with Crippen molar-refractivity contribution in [2.45, 2.75) is 13.3 Å². The molecule has 1 aromatic rings. The van der Waals surface area contributed by atoms with Gasteiger partial charge in [0.15, 0.2) is 0 Å². The Hall–Kier alpha value is -3.80. The van der Waals surface area contributed by atoms with E-state index in [4.69, 9.17) is 10.00 Å². The molecule has 28 heavy (non-hydrogen) atoms. The predicted molar refractivity (Wildman–Crippen MR) is 107 cm³/mol. The van der Waals surface area contributed by atoms with Crippen LogP contribution in [0, 0.1) is 21.7 Å². The molecule has 0 aromatic heterocycles. The number of hydrogen-bond donors (Lipinski definition) is 1. The summed E-state index contributed by atoms with van der Waals surface area (Å²) in [6, 6.07) is 9.51. The second-order valence-corrected chi connectivity index (χ2v) is 5.78. The van der Waals surface area contributed by atoms with Gasteiger partial charge in [-0.1, -0.05) is 0 Å². The number of hydrazone groups is 1. The predicted octanol–water partition coefficient (Wildman–Crippen LogP) is 2.31. The van der Waals surface area contributed by atoms with Gasteiger partial charge in [0.05, 0.1) is 30.4 Å². The second kappa shape index (κ2) is 10.4. The van der Waals surface area contributed by atoms with Crippen LogP contribution in [0.1, 0.15) is 13.3 Å². The minimum Gasteiger partial charge on any atom is -0.612 e. The minimum absolute atomic E-state index is 0.00881. The summed E-state index contributed by atoms with van der Waals surface area (Å²) in [6.07, 6.45) is 6.24. The third-order valence-electron chi connectivity index (χ3n) is 3.77. The number of ether oxygens (including phenoxy) is 1. The Labute approximate surface area is 162 Å². The summed E-state index contributed by atoms with van der Waals surface area (Å²) < 4.78 is 4.98. The van der Waals surface area contributed by atoms with E-state index in [0.29, 0.717) is 25.2 Å². The van der Waals surface area contributed by atoms with Crippen molar-refractivity contribution in [3.05, 3.63) is 59.0 Å². The first kappa shape index (κ1) is 20.5. The lowest BCUT2D eigenvalue weighted by molar-refractivity contribution is -0.377. The van der Waals surface area contributed by atoms with Crippen LogP contribution in [0.5, 0.6) is 0 Å². The van der Waals surface area contributed by atoms with Gasteiger partial charge in [-0.25, -0.2) is 0 Å². The van der Waals surface area contributed by atoms with Crippen LogP contribution in [0.15, 0.2) is 53.7 Å². The summed E-state index contributed by atoms with van der Waals surface area (Å²) in [5.74, 6) is -0.340. The van der Waals surface area contributed by atoms with Crippen molar-refractivity contribution in [2.75, 3.05) is 30.0 Å². The maximum Gasteiger partial charge on any atom is 0.302 e. The molecule has 9 nitrogen and oxygen atoms in total. The number of nitrogens with zero attached hydrogens (tertiary/aromatic N) is 4. The maximum atomic E-state index is 10.9. The number of benzene rings is 1. The fourth-order valence-electron chi connectivity index (χ4n) is 2.38. The zero-order chi connectivity index (χ0) is 20.4. The Morgan fingerprint density at radius 3 is 2.46 bits per heavy atom. The summed E-state index contributed by atoms with van der Waals surface area (Å²) in [5.41, 5.74) is 5.09. The molecule has 0 saturated carbocycles. The lowest BCUT2D eigenvalue weighted by Gasteiger charge is -2.23. The SMILES string of the molecule is CC(=O)OCCN(CCC#N)c1ccc(NN=C2C=CC(=[N+]([O-])[O-])C=C2)cc1. The number of anilines is 2. The van der Waals surface area contributed by atoms with Gasteiger partial charge in [0.25, 0.3) is 0 Å². The lowest BCUT2D eigenvalue weighted by Crippen LogP contribution is -2.28.